The first-order valence-corrected chi connectivity index (χ1v) is 9.23. The van der Waals surface area contributed by atoms with Crippen LogP contribution in [0.4, 0.5) is 5.82 Å². The summed E-state index contributed by atoms with van der Waals surface area (Å²) in [6.45, 7) is 3.96. The second-order valence-electron chi connectivity index (χ2n) is 6.85. The Morgan fingerprint density at radius 1 is 1.35 bits per heavy atom. The molecule has 0 aromatic carbocycles. The highest BCUT2D eigenvalue weighted by Crippen LogP contribution is 2.40. The maximum Gasteiger partial charge on any atom is 0.255 e. The molecule has 1 saturated carbocycles. The molecule has 0 bridgehead atoms. The minimum atomic E-state index is -0.0482. The van der Waals surface area contributed by atoms with Crippen LogP contribution in [0, 0.1) is 0 Å². The molecule has 2 aromatic rings. The van der Waals surface area contributed by atoms with Gasteiger partial charge in [0.05, 0.1) is 29.9 Å². The van der Waals surface area contributed by atoms with Crippen LogP contribution in [0.25, 0.3) is 0 Å². The van der Waals surface area contributed by atoms with E-state index in [0.717, 1.165) is 37.3 Å². The predicted molar refractivity (Wildman–Crippen MR) is 96.0 cm³/mol. The third-order valence-electron chi connectivity index (χ3n) is 4.91. The molecule has 0 unspecified atom stereocenters. The molecular formula is C18H24N6O2. The maximum absolute atomic E-state index is 12.9. The van der Waals surface area contributed by atoms with Crippen molar-refractivity contribution in [3.8, 4) is 0 Å². The summed E-state index contributed by atoms with van der Waals surface area (Å²) in [5.74, 6) is 1.12. The molecule has 138 valence electrons. The Bertz CT molecular complexity index is 758. The molecule has 3 heterocycles. The number of nitrogens with one attached hydrogen (secondary N) is 2. The Kier molecular flexibility index (Phi) is 4.83. The van der Waals surface area contributed by atoms with Gasteiger partial charge in [0.25, 0.3) is 5.91 Å². The number of hydrogen-bond acceptors (Lipinski definition) is 6. The number of carbonyl (C=O) groups is 1. The Labute approximate surface area is 152 Å². The largest absolute Gasteiger partial charge is 0.379 e. The first-order chi connectivity index (χ1) is 12.7. The number of nitrogens with zero attached hydrogens (tertiary/aromatic N) is 4. The lowest BCUT2D eigenvalue weighted by molar-refractivity contribution is 0.0619. The van der Waals surface area contributed by atoms with Crippen LogP contribution >= 0.6 is 0 Å². The highest BCUT2D eigenvalue weighted by Gasteiger charge is 2.33. The monoisotopic (exact) mass is 356 g/mol. The molecule has 1 aliphatic heterocycles. The summed E-state index contributed by atoms with van der Waals surface area (Å²) in [5.41, 5.74) is 1.65. The predicted octanol–water partition coefficient (Wildman–Crippen LogP) is 1.57. The molecule has 1 saturated heterocycles. The minimum Gasteiger partial charge on any atom is -0.379 e. The van der Waals surface area contributed by atoms with E-state index in [1.165, 1.54) is 6.33 Å². The zero-order valence-electron chi connectivity index (χ0n) is 14.9. The van der Waals surface area contributed by atoms with Crippen LogP contribution in [0.2, 0.25) is 0 Å². The van der Waals surface area contributed by atoms with Crippen molar-refractivity contribution in [2.45, 2.75) is 50.7 Å². The number of aryl methyl sites for hydroxylation is 1. The highest BCUT2D eigenvalue weighted by molar-refractivity contribution is 5.95. The van der Waals surface area contributed by atoms with Crippen LogP contribution in [0.1, 0.15) is 48.2 Å². The first-order valence-electron chi connectivity index (χ1n) is 9.23. The zero-order chi connectivity index (χ0) is 17.9. The lowest BCUT2D eigenvalue weighted by Crippen LogP contribution is -2.52. The van der Waals surface area contributed by atoms with Crippen molar-refractivity contribution >= 4 is 11.7 Å². The Balaban J connectivity index is 1.47. The smallest absolute Gasteiger partial charge is 0.255 e. The van der Waals surface area contributed by atoms with E-state index in [1.807, 2.05) is 23.9 Å². The molecule has 0 spiro atoms. The van der Waals surface area contributed by atoms with Crippen LogP contribution in [-0.4, -0.2) is 51.0 Å². The summed E-state index contributed by atoms with van der Waals surface area (Å²) in [7, 11) is 0. The number of carbonyl (C=O) groups excluding carboxylic acids is 1. The summed E-state index contributed by atoms with van der Waals surface area (Å²) in [4.78, 5) is 21.1. The fourth-order valence-corrected chi connectivity index (χ4v) is 3.30. The lowest BCUT2D eigenvalue weighted by atomic mass is 10.0. The molecule has 8 nitrogen and oxygen atoms in total. The second kappa shape index (κ2) is 7.41. The molecule has 8 heteroatoms. The van der Waals surface area contributed by atoms with Crippen molar-refractivity contribution in [3.05, 3.63) is 36.0 Å². The van der Waals surface area contributed by atoms with Gasteiger partial charge in [-0.2, -0.15) is 5.10 Å². The number of amides is 1. The van der Waals surface area contributed by atoms with E-state index in [4.69, 9.17) is 4.74 Å². The lowest BCUT2D eigenvalue weighted by Gasteiger charge is -2.33. The molecule has 1 aliphatic carbocycles. The Hall–Kier alpha value is -2.48. The van der Waals surface area contributed by atoms with Crippen LogP contribution < -0.4 is 10.6 Å². The topological polar surface area (TPSA) is 94.0 Å². The molecule has 2 N–H and O–H groups in total. The van der Waals surface area contributed by atoms with Gasteiger partial charge >= 0.3 is 0 Å². The van der Waals surface area contributed by atoms with Crippen molar-refractivity contribution in [2.24, 2.45) is 0 Å². The van der Waals surface area contributed by atoms with Crippen molar-refractivity contribution < 1.29 is 9.53 Å². The molecular weight excluding hydrogens is 332 g/mol. The maximum atomic E-state index is 12.9. The summed E-state index contributed by atoms with van der Waals surface area (Å²) < 4.78 is 7.44. The van der Waals surface area contributed by atoms with Gasteiger partial charge in [-0.15, -0.1) is 0 Å². The van der Waals surface area contributed by atoms with Crippen molar-refractivity contribution in [2.75, 3.05) is 18.5 Å². The second-order valence-corrected chi connectivity index (χ2v) is 6.85. The molecule has 0 radical (unpaired) electrons. The van der Waals surface area contributed by atoms with Crippen molar-refractivity contribution in [1.29, 1.82) is 0 Å². The van der Waals surface area contributed by atoms with Gasteiger partial charge in [-0.25, -0.2) is 9.97 Å². The van der Waals surface area contributed by atoms with Gasteiger partial charge in [-0.1, -0.05) is 0 Å². The van der Waals surface area contributed by atoms with Gasteiger partial charge < -0.3 is 15.4 Å². The Morgan fingerprint density at radius 2 is 2.23 bits per heavy atom. The highest BCUT2D eigenvalue weighted by atomic mass is 16.5. The van der Waals surface area contributed by atoms with E-state index >= 15 is 0 Å². The van der Waals surface area contributed by atoms with Gasteiger partial charge in [-0.3, -0.25) is 9.48 Å². The normalized spacial score (nSPS) is 22.8. The van der Waals surface area contributed by atoms with Gasteiger partial charge in [-0.05, 0) is 32.3 Å². The number of rotatable bonds is 6. The average molecular weight is 356 g/mol. The van der Waals surface area contributed by atoms with Crippen LogP contribution in [0.5, 0.6) is 0 Å². The van der Waals surface area contributed by atoms with E-state index in [0.29, 0.717) is 24.7 Å². The molecule has 26 heavy (non-hydrogen) atoms. The number of hydrogen-bond donors (Lipinski definition) is 2. The Morgan fingerprint density at radius 3 is 2.96 bits per heavy atom. The van der Waals surface area contributed by atoms with E-state index < -0.39 is 0 Å². The number of anilines is 1. The zero-order valence-corrected chi connectivity index (χ0v) is 14.9. The van der Waals surface area contributed by atoms with E-state index in [9.17, 15) is 4.79 Å². The van der Waals surface area contributed by atoms with Gasteiger partial charge in [0.2, 0.25) is 0 Å². The van der Waals surface area contributed by atoms with E-state index in [2.05, 4.69) is 25.7 Å². The summed E-state index contributed by atoms with van der Waals surface area (Å²) >= 11 is 0. The number of aromatic nitrogens is 4. The molecule has 2 aliphatic rings. The molecule has 4 rings (SSSR count). The van der Waals surface area contributed by atoms with Gasteiger partial charge in [0.15, 0.2) is 0 Å². The van der Waals surface area contributed by atoms with Crippen molar-refractivity contribution in [3.63, 3.8) is 0 Å². The number of ether oxygens (including phenoxy) is 1. The first kappa shape index (κ1) is 17.0. The quantitative estimate of drug-likeness (QED) is 0.816. The van der Waals surface area contributed by atoms with Crippen LogP contribution in [-0.2, 0) is 11.3 Å². The standard InChI is InChI=1S/C18H24N6O2/c1-2-24-9-13(17(23-24)12-3-4-12)18(25)22-14-6-8-26-10-15(14)21-16-5-7-19-11-20-16/h5,7,9,11-12,14-15H,2-4,6,8,10H2,1H3,(H,22,25)(H,19,20,21)/t14-,15+/m0/s1. The summed E-state index contributed by atoms with van der Waals surface area (Å²) in [5, 5.41) is 11.1. The fourth-order valence-electron chi connectivity index (χ4n) is 3.30. The van der Waals surface area contributed by atoms with Gasteiger partial charge in [0, 0.05) is 31.5 Å². The van der Waals surface area contributed by atoms with Gasteiger partial charge in [0.1, 0.15) is 12.1 Å². The third kappa shape index (κ3) is 3.70. The van der Waals surface area contributed by atoms with E-state index in [-0.39, 0.29) is 18.0 Å². The van der Waals surface area contributed by atoms with Crippen molar-refractivity contribution in [1.82, 2.24) is 25.1 Å². The average Bonchev–Trinajstić information content (AvgIpc) is 3.42. The molecule has 2 fully saturated rings. The molecule has 1 amide bonds. The summed E-state index contributed by atoms with van der Waals surface area (Å²) in [6.07, 6.45) is 8.06. The molecule has 2 atom stereocenters. The SMILES string of the molecule is CCn1cc(C(=O)N[C@H]2CCOC[C@H]2Nc2ccncn2)c(C2CC2)n1. The minimum absolute atomic E-state index is 0.0248. The third-order valence-corrected chi connectivity index (χ3v) is 4.91. The van der Waals surface area contributed by atoms with E-state index in [1.54, 1.807) is 6.20 Å². The molecule has 2 aromatic heterocycles. The fraction of sp³-hybridized carbons (Fsp3) is 0.556. The van der Waals surface area contributed by atoms with Crippen LogP contribution in [0.15, 0.2) is 24.8 Å². The van der Waals surface area contributed by atoms with Crippen LogP contribution in [0.3, 0.4) is 0 Å². The summed E-state index contributed by atoms with van der Waals surface area (Å²) in [6, 6.07) is 1.75.